The van der Waals surface area contributed by atoms with Crippen LogP contribution in [-0.2, 0) is 6.42 Å². The molecule has 1 aromatic heterocycles. The van der Waals surface area contributed by atoms with E-state index in [1.165, 1.54) is 5.56 Å². The van der Waals surface area contributed by atoms with E-state index < -0.39 is 0 Å². The molecule has 0 amide bonds. The first-order valence-corrected chi connectivity index (χ1v) is 6.94. The molecule has 1 aromatic carbocycles. The van der Waals surface area contributed by atoms with Crippen LogP contribution in [0.4, 0.5) is 5.82 Å². The average Bonchev–Trinajstić information content (AvgIpc) is 2.43. The first-order chi connectivity index (χ1) is 9.15. The minimum absolute atomic E-state index is 0.156. The molecule has 3 rings (SSSR count). The van der Waals surface area contributed by atoms with Crippen LogP contribution in [0, 0.1) is 6.92 Å². The van der Waals surface area contributed by atoms with Gasteiger partial charge in [0, 0.05) is 0 Å². The first kappa shape index (κ1) is 12.4. The summed E-state index contributed by atoms with van der Waals surface area (Å²) in [7, 11) is 0. The number of aromatic nitrogens is 2. The fourth-order valence-electron chi connectivity index (χ4n) is 2.28. The van der Waals surface area contributed by atoms with Gasteiger partial charge in [0.15, 0.2) is 0 Å². The molecule has 1 aliphatic rings. The zero-order valence-corrected chi connectivity index (χ0v) is 12.1. The van der Waals surface area contributed by atoms with Crippen LogP contribution in [-0.4, -0.2) is 16.6 Å². The van der Waals surface area contributed by atoms with E-state index >= 15 is 0 Å². The maximum atomic E-state index is 5.88. The van der Waals surface area contributed by atoms with Crippen LogP contribution in [0.1, 0.15) is 23.0 Å². The van der Waals surface area contributed by atoms with Gasteiger partial charge in [-0.05, 0) is 40.9 Å². The van der Waals surface area contributed by atoms with Crippen molar-refractivity contribution in [3.05, 3.63) is 45.8 Å². The molecule has 2 heterocycles. The zero-order chi connectivity index (χ0) is 13.4. The van der Waals surface area contributed by atoms with Crippen molar-refractivity contribution < 1.29 is 4.74 Å². The molecule has 0 saturated carbocycles. The zero-order valence-electron chi connectivity index (χ0n) is 10.6. The van der Waals surface area contributed by atoms with Crippen molar-refractivity contribution in [2.24, 2.45) is 0 Å². The van der Waals surface area contributed by atoms with E-state index in [2.05, 4.69) is 32.0 Å². The predicted molar refractivity (Wildman–Crippen MR) is 77.3 cm³/mol. The maximum Gasteiger partial charge on any atom is 0.141 e. The highest BCUT2D eigenvalue weighted by molar-refractivity contribution is 9.10. The van der Waals surface area contributed by atoms with E-state index in [9.17, 15) is 0 Å². The highest BCUT2D eigenvalue weighted by Crippen LogP contribution is 2.32. The van der Waals surface area contributed by atoms with Crippen molar-refractivity contribution >= 4 is 21.7 Å². The lowest BCUT2D eigenvalue weighted by molar-refractivity contribution is 0.257. The van der Waals surface area contributed by atoms with Crippen molar-refractivity contribution in [1.29, 1.82) is 0 Å². The molecule has 98 valence electrons. The number of rotatable bonds is 1. The molecule has 0 spiro atoms. The second-order valence-electron chi connectivity index (χ2n) is 4.69. The monoisotopic (exact) mass is 319 g/mol. The summed E-state index contributed by atoms with van der Waals surface area (Å²) in [6.45, 7) is 2.51. The van der Waals surface area contributed by atoms with Gasteiger partial charge in [0.25, 0.3) is 0 Å². The lowest BCUT2D eigenvalue weighted by Gasteiger charge is -2.24. The number of nitrogens with zero attached hydrogens (tertiary/aromatic N) is 2. The smallest absolute Gasteiger partial charge is 0.141 e. The van der Waals surface area contributed by atoms with E-state index in [0.29, 0.717) is 12.4 Å². The number of anilines is 1. The molecule has 4 nitrogen and oxygen atoms in total. The summed E-state index contributed by atoms with van der Waals surface area (Å²) in [6.07, 6.45) is 0.886. The SMILES string of the molecule is Cc1nc(C2COc3ccccc3C2)nc(N)c1Br. The predicted octanol–water partition coefficient (Wildman–Crippen LogP) is 2.85. The molecule has 1 atom stereocenters. The number of nitrogen functional groups attached to an aromatic ring is 1. The van der Waals surface area contributed by atoms with Crippen molar-refractivity contribution in [1.82, 2.24) is 9.97 Å². The number of benzene rings is 1. The van der Waals surface area contributed by atoms with Crippen molar-refractivity contribution in [2.45, 2.75) is 19.3 Å². The molecule has 19 heavy (non-hydrogen) atoms. The first-order valence-electron chi connectivity index (χ1n) is 6.15. The second kappa shape index (κ2) is 4.81. The van der Waals surface area contributed by atoms with Crippen molar-refractivity contribution in [3.8, 4) is 5.75 Å². The van der Waals surface area contributed by atoms with Gasteiger partial charge < -0.3 is 10.5 Å². The lowest BCUT2D eigenvalue weighted by atomic mass is 9.96. The molecule has 2 aromatic rings. The third kappa shape index (κ3) is 2.30. The molecule has 1 unspecified atom stereocenters. The van der Waals surface area contributed by atoms with Crippen LogP contribution in [0.5, 0.6) is 5.75 Å². The van der Waals surface area contributed by atoms with Gasteiger partial charge in [-0.2, -0.15) is 0 Å². The Hall–Kier alpha value is -1.62. The summed E-state index contributed by atoms with van der Waals surface area (Å²) in [5, 5.41) is 0. The Bertz CT molecular complexity index is 607. The highest BCUT2D eigenvalue weighted by Gasteiger charge is 2.24. The molecule has 0 saturated heterocycles. The minimum Gasteiger partial charge on any atom is -0.493 e. The van der Waals surface area contributed by atoms with E-state index in [-0.39, 0.29) is 5.92 Å². The third-order valence-corrected chi connectivity index (χ3v) is 4.28. The topological polar surface area (TPSA) is 61.0 Å². The number of para-hydroxylation sites is 1. The van der Waals surface area contributed by atoms with E-state index in [0.717, 1.165) is 28.2 Å². The molecule has 1 aliphatic heterocycles. The van der Waals surface area contributed by atoms with Gasteiger partial charge in [-0.3, -0.25) is 0 Å². The van der Waals surface area contributed by atoms with Gasteiger partial charge in [-0.15, -0.1) is 0 Å². The maximum absolute atomic E-state index is 5.88. The Balaban J connectivity index is 1.93. The summed E-state index contributed by atoms with van der Waals surface area (Å²) < 4.78 is 6.54. The number of aryl methyl sites for hydroxylation is 1. The van der Waals surface area contributed by atoms with Gasteiger partial charge in [-0.25, -0.2) is 9.97 Å². The van der Waals surface area contributed by atoms with Gasteiger partial charge in [0.05, 0.1) is 22.7 Å². The number of fused-ring (bicyclic) bond motifs is 1. The summed E-state index contributed by atoms with van der Waals surface area (Å²) in [5.74, 6) is 2.36. The Morgan fingerprint density at radius 2 is 2.11 bits per heavy atom. The molecular weight excluding hydrogens is 306 g/mol. The summed E-state index contributed by atoms with van der Waals surface area (Å²) in [5.41, 5.74) is 7.94. The number of nitrogens with two attached hydrogens (primary N) is 1. The third-order valence-electron chi connectivity index (χ3n) is 3.30. The number of ether oxygens (including phenoxy) is 1. The summed E-state index contributed by atoms with van der Waals surface area (Å²) in [6, 6.07) is 8.08. The lowest BCUT2D eigenvalue weighted by Crippen LogP contribution is -2.22. The Labute approximate surface area is 120 Å². The second-order valence-corrected chi connectivity index (χ2v) is 5.48. The Morgan fingerprint density at radius 3 is 2.89 bits per heavy atom. The average molecular weight is 320 g/mol. The number of hydrogen-bond donors (Lipinski definition) is 1. The van der Waals surface area contributed by atoms with Crippen LogP contribution < -0.4 is 10.5 Å². The standard InChI is InChI=1S/C14H14BrN3O/c1-8-12(15)13(16)18-14(17-8)10-6-9-4-2-3-5-11(9)19-7-10/h2-5,10H,6-7H2,1H3,(H2,16,17,18). The minimum atomic E-state index is 0.156. The molecule has 2 N–H and O–H groups in total. The molecular formula is C14H14BrN3O. The molecule has 0 fully saturated rings. The fourth-order valence-corrected chi connectivity index (χ4v) is 2.46. The van der Waals surface area contributed by atoms with E-state index in [1.54, 1.807) is 0 Å². The summed E-state index contributed by atoms with van der Waals surface area (Å²) >= 11 is 3.38. The van der Waals surface area contributed by atoms with E-state index in [4.69, 9.17) is 10.5 Å². The number of halogens is 1. The highest BCUT2D eigenvalue weighted by atomic mass is 79.9. The molecule has 0 bridgehead atoms. The summed E-state index contributed by atoms with van der Waals surface area (Å²) in [4.78, 5) is 8.88. The fraction of sp³-hybridized carbons (Fsp3) is 0.286. The van der Waals surface area contributed by atoms with Gasteiger partial charge in [0.2, 0.25) is 0 Å². The van der Waals surface area contributed by atoms with Crippen LogP contribution in [0.25, 0.3) is 0 Å². The Kier molecular flexibility index (Phi) is 3.14. The Morgan fingerprint density at radius 1 is 1.32 bits per heavy atom. The van der Waals surface area contributed by atoms with Crippen molar-refractivity contribution in [2.75, 3.05) is 12.3 Å². The van der Waals surface area contributed by atoms with Crippen LogP contribution in [0.3, 0.4) is 0 Å². The quantitative estimate of drug-likeness (QED) is 0.878. The molecule has 5 heteroatoms. The van der Waals surface area contributed by atoms with Crippen LogP contribution >= 0.6 is 15.9 Å². The molecule has 0 aliphatic carbocycles. The van der Waals surface area contributed by atoms with Gasteiger partial charge >= 0.3 is 0 Å². The molecule has 0 radical (unpaired) electrons. The largest absolute Gasteiger partial charge is 0.493 e. The number of hydrogen-bond acceptors (Lipinski definition) is 4. The normalized spacial score (nSPS) is 17.7. The van der Waals surface area contributed by atoms with Crippen LogP contribution in [0.2, 0.25) is 0 Å². The van der Waals surface area contributed by atoms with Crippen LogP contribution in [0.15, 0.2) is 28.7 Å². The van der Waals surface area contributed by atoms with Gasteiger partial charge in [0.1, 0.15) is 17.4 Å². The van der Waals surface area contributed by atoms with Crippen molar-refractivity contribution in [3.63, 3.8) is 0 Å². The van der Waals surface area contributed by atoms with E-state index in [1.807, 2.05) is 25.1 Å². The van der Waals surface area contributed by atoms with Gasteiger partial charge in [-0.1, -0.05) is 18.2 Å².